The minimum absolute atomic E-state index is 0.0666. The van der Waals surface area contributed by atoms with Gasteiger partial charge in [-0.3, -0.25) is 9.48 Å². The van der Waals surface area contributed by atoms with Crippen LogP contribution in [0.3, 0.4) is 0 Å². The van der Waals surface area contributed by atoms with Gasteiger partial charge in [-0.25, -0.2) is 9.78 Å². The predicted octanol–water partition coefficient (Wildman–Crippen LogP) is 0.221. The average molecular weight is 281 g/mol. The molecule has 1 fully saturated rings. The van der Waals surface area contributed by atoms with Crippen molar-refractivity contribution in [3.63, 3.8) is 0 Å². The normalized spacial score (nSPS) is 22.2. The molecule has 2 rings (SSSR count). The largest absolute Gasteiger partial charge is 0.481 e. The summed E-state index contributed by atoms with van der Waals surface area (Å²) in [6, 6.07) is -0.152. The number of carboxylic acids is 1. The number of urea groups is 1. The van der Waals surface area contributed by atoms with Gasteiger partial charge in [-0.2, -0.15) is 5.10 Å². The van der Waals surface area contributed by atoms with Gasteiger partial charge in [0.25, 0.3) is 0 Å². The number of carbonyl (C=O) groups is 2. The van der Waals surface area contributed by atoms with Gasteiger partial charge in [-0.15, -0.1) is 0 Å². The van der Waals surface area contributed by atoms with Crippen molar-refractivity contribution >= 4 is 12.0 Å². The Morgan fingerprint density at radius 1 is 1.30 bits per heavy atom. The molecule has 0 unspecified atom stereocenters. The number of aromatic nitrogens is 3. The molecule has 1 aliphatic rings. The third kappa shape index (κ3) is 4.22. The number of hydrogen-bond acceptors (Lipinski definition) is 4. The second-order valence-electron chi connectivity index (χ2n) is 4.95. The lowest BCUT2D eigenvalue weighted by molar-refractivity contribution is -0.142. The van der Waals surface area contributed by atoms with Crippen LogP contribution in [0.5, 0.6) is 0 Å². The monoisotopic (exact) mass is 281 g/mol. The highest BCUT2D eigenvalue weighted by Crippen LogP contribution is 2.24. The van der Waals surface area contributed by atoms with E-state index in [-0.39, 0.29) is 18.0 Å². The Morgan fingerprint density at radius 2 is 2.05 bits per heavy atom. The fraction of sp³-hybridized carbons (Fsp3) is 0.667. The van der Waals surface area contributed by atoms with Crippen molar-refractivity contribution < 1.29 is 14.7 Å². The molecule has 3 N–H and O–H groups in total. The standard InChI is InChI=1S/C12H19N5O3/c18-11(19)9-1-3-10(4-2-9)16-12(20)14-5-6-17-8-13-7-15-17/h7-10H,1-6H2,(H,18,19)(H2,14,16,20). The van der Waals surface area contributed by atoms with E-state index in [2.05, 4.69) is 20.7 Å². The van der Waals surface area contributed by atoms with Crippen LogP contribution >= 0.6 is 0 Å². The Kier molecular flexibility index (Phi) is 4.91. The molecule has 0 atom stereocenters. The quantitative estimate of drug-likeness (QED) is 0.715. The fourth-order valence-corrected chi connectivity index (χ4v) is 2.35. The van der Waals surface area contributed by atoms with Crippen molar-refractivity contribution in [2.24, 2.45) is 5.92 Å². The van der Waals surface area contributed by atoms with E-state index in [1.54, 1.807) is 11.0 Å². The van der Waals surface area contributed by atoms with E-state index < -0.39 is 5.97 Å². The molecule has 110 valence electrons. The van der Waals surface area contributed by atoms with Crippen LogP contribution in [0.4, 0.5) is 4.79 Å². The zero-order valence-electron chi connectivity index (χ0n) is 11.2. The van der Waals surface area contributed by atoms with E-state index in [4.69, 9.17) is 5.11 Å². The van der Waals surface area contributed by atoms with Crippen molar-refractivity contribution in [2.75, 3.05) is 6.54 Å². The number of nitrogens with zero attached hydrogens (tertiary/aromatic N) is 3. The summed E-state index contributed by atoms with van der Waals surface area (Å²) in [6.07, 6.45) is 5.72. The Labute approximate surface area is 116 Å². The lowest BCUT2D eigenvalue weighted by Crippen LogP contribution is -2.44. The highest BCUT2D eigenvalue weighted by molar-refractivity contribution is 5.74. The van der Waals surface area contributed by atoms with Gasteiger partial charge < -0.3 is 15.7 Å². The topological polar surface area (TPSA) is 109 Å². The number of nitrogens with one attached hydrogen (secondary N) is 2. The number of carboxylic acid groups (broad SMARTS) is 1. The molecule has 2 amide bonds. The first-order valence-electron chi connectivity index (χ1n) is 6.74. The van der Waals surface area contributed by atoms with Crippen LogP contribution in [0, 0.1) is 5.92 Å². The third-order valence-electron chi connectivity index (χ3n) is 3.50. The van der Waals surface area contributed by atoms with Gasteiger partial charge in [-0.1, -0.05) is 0 Å². The SMILES string of the molecule is O=C(NCCn1cncn1)NC1CCC(C(=O)O)CC1. The van der Waals surface area contributed by atoms with Crippen molar-refractivity contribution in [3.05, 3.63) is 12.7 Å². The first-order valence-corrected chi connectivity index (χ1v) is 6.74. The van der Waals surface area contributed by atoms with E-state index in [9.17, 15) is 9.59 Å². The molecule has 0 spiro atoms. The molecule has 0 aliphatic heterocycles. The highest BCUT2D eigenvalue weighted by atomic mass is 16.4. The average Bonchev–Trinajstić information content (AvgIpc) is 2.92. The molecule has 1 aliphatic carbocycles. The van der Waals surface area contributed by atoms with Gasteiger partial charge >= 0.3 is 12.0 Å². The molecule has 20 heavy (non-hydrogen) atoms. The van der Waals surface area contributed by atoms with Crippen molar-refractivity contribution in [1.29, 1.82) is 0 Å². The van der Waals surface area contributed by atoms with Crippen LogP contribution in [0.1, 0.15) is 25.7 Å². The number of aliphatic carboxylic acids is 1. The first kappa shape index (κ1) is 14.3. The van der Waals surface area contributed by atoms with Gasteiger partial charge in [0.15, 0.2) is 0 Å². The minimum Gasteiger partial charge on any atom is -0.481 e. The zero-order chi connectivity index (χ0) is 14.4. The lowest BCUT2D eigenvalue weighted by Gasteiger charge is -2.26. The highest BCUT2D eigenvalue weighted by Gasteiger charge is 2.26. The number of hydrogen-bond donors (Lipinski definition) is 3. The molecule has 1 aromatic rings. The van der Waals surface area contributed by atoms with Crippen LogP contribution in [0.15, 0.2) is 12.7 Å². The smallest absolute Gasteiger partial charge is 0.315 e. The van der Waals surface area contributed by atoms with Crippen LogP contribution < -0.4 is 10.6 Å². The first-order chi connectivity index (χ1) is 9.65. The molecule has 1 aromatic heterocycles. The van der Waals surface area contributed by atoms with Crippen molar-refractivity contribution in [1.82, 2.24) is 25.4 Å². The maximum Gasteiger partial charge on any atom is 0.315 e. The van der Waals surface area contributed by atoms with E-state index in [1.807, 2.05) is 0 Å². The van der Waals surface area contributed by atoms with E-state index in [0.29, 0.717) is 38.8 Å². The van der Waals surface area contributed by atoms with Gasteiger partial charge in [0, 0.05) is 12.6 Å². The van der Waals surface area contributed by atoms with Crippen LogP contribution in [0.2, 0.25) is 0 Å². The zero-order valence-corrected chi connectivity index (χ0v) is 11.2. The molecular weight excluding hydrogens is 262 g/mol. The van der Waals surface area contributed by atoms with Gasteiger partial charge in [0.1, 0.15) is 12.7 Å². The second-order valence-corrected chi connectivity index (χ2v) is 4.95. The maximum atomic E-state index is 11.7. The second kappa shape index (κ2) is 6.88. The van der Waals surface area contributed by atoms with Crippen LogP contribution in [-0.2, 0) is 11.3 Å². The number of rotatable bonds is 5. The van der Waals surface area contributed by atoms with Gasteiger partial charge in [0.2, 0.25) is 0 Å². The third-order valence-corrected chi connectivity index (χ3v) is 3.50. The Bertz CT molecular complexity index is 440. The molecule has 0 aromatic carbocycles. The van der Waals surface area contributed by atoms with Gasteiger partial charge in [-0.05, 0) is 25.7 Å². The van der Waals surface area contributed by atoms with Crippen LogP contribution in [-0.4, -0.2) is 44.5 Å². The fourth-order valence-electron chi connectivity index (χ4n) is 2.35. The van der Waals surface area contributed by atoms with Gasteiger partial charge in [0.05, 0.1) is 12.5 Å². The van der Waals surface area contributed by atoms with Crippen molar-refractivity contribution in [3.8, 4) is 0 Å². The summed E-state index contributed by atoms with van der Waals surface area (Å²) in [7, 11) is 0. The number of carbonyl (C=O) groups excluding carboxylic acids is 1. The molecule has 8 nitrogen and oxygen atoms in total. The summed E-state index contributed by atoms with van der Waals surface area (Å²) in [4.78, 5) is 26.3. The molecule has 0 bridgehead atoms. The summed E-state index contributed by atoms with van der Waals surface area (Å²) in [5, 5.41) is 18.4. The Morgan fingerprint density at radius 3 is 2.65 bits per heavy atom. The lowest BCUT2D eigenvalue weighted by atomic mass is 9.86. The summed E-state index contributed by atoms with van der Waals surface area (Å²) in [5.41, 5.74) is 0. The van der Waals surface area contributed by atoms with Crippen molar-refractivity contribution in [2.45, 2.75) is 38.3 Å². The van der Waals surface area contributed by atoms with E-state index >= 15 is 0 Å². The summed E-state index contributed by atoms with van der Waals surface area (Å²) < 4.78 is 1.64. The predicted molar refractivity (Wildman–Crippen MR) is 69.9 cm³/mol. The molecule has 1 heterocycles. The summed E-state index contributed by atoms with van der Waals surface area (Å²) >= 11 is 0. The molecular formula is C12H19N5O3. The summed E-state index contributed by atoms with van der Waals surface area (Å²) in [6.45, 7) is 1.04. The van der Waals surface area contributed by atoms with Crippen LogP contribution in [0.25, 0.3) is 0 Å². The number of amides is 2. The molecule has 0 radical (unpaired) electrons. The molecule has 8 heteroatoms. The maximum absolute atomic E-state index is 11.7. The Hall–Kier alpha value is -2.12. The minimum atomic E-state index is -0.735. The molecule has 0 saturated heterocycles. The van der Waals surface area contributed by atoms with E-state index in [1.165, 1.54) is 6.33 Å². The van der Waals surface area contributed by atoms with E-state index in [0.717, 1.165) is 0 Å². The molecule has 1 saturated carbocycles. The summed E-state index contributed by atoms with van der Waals surface area (Å²) in [5.74, 6) is -0.996. The Balaban J connectivity index is 1.61.